The highest BCUT2D eigenvalue weighted by molar-refractivity contribution is 7.99. The van der Waals surface area contributed by atoms with E-state index >= 15 is 0 Å². The van der Waals surface area contributed by atoms with Gasteiger partial charge in [-0.2, -0.15) is 5.48 Å². The third-order valence-corrected chi connectivity index (χ3v) is 8.07. The molecule has 2 N–H and O–H groups in total. The molecule has 2 heterocycles. The normalized spacial score (nSPS) is 18.9. The van der Waals surface area contributed by atoms with Crippen molar-refractivity contribution < 1.29 is 28.3 Å². The molecule has 7 nitrogen and oxygen atoms in total. The lowest BCUT2D eigenvalue weighted by Gasteiger charge is -2.37. The quantitative estimate of drug-likeness (QED) is 0.234. The van der Waals surface area contributed by atoms with Crippen molar-refractivity contribution >= 4 is 28.6 Å². The van der Waals surface area contributed by atoms with Crippen LogP contribution in [0.15, 0.2) is 53.6 Å². The molecule has 204 valence electrons. The van der Waals surface area contributed by atoms with E-state index in [0.29, 0.717) is 30.2 Å². The molecular weight excluding hydrogens is 512 g/mol. The van der Waals surface area contributed by atoms with E-state index in [0.717, 1.165) is 47.7 Å². The maximum absolute atomic E-state index is 13.4. The highest BCUT2D eigenvalue weighted by Crippen LogP contribution is 2.34. The fourth-order valence-electron chi connectivity index (χ4n) is 5.18. The molecule has 0 unspecified atom stereocenters. The van der Waals surface area contributed by atoms with Crippen molar-refractivity contribution in [1.82, 2.24) is 15.4 Å². The van der Waals surface area contributed by atoms with E-state index in [1.165, 1.54) is 23.9 Å². The predicted octanol–water partition coefficient (Wildman–Crippen LogP) is 5.31. The Morgan fingerprint density at radius 1 is 1.21 bits per heavy atom. The summed E-state index contributed by atoms with van der Waals surface area (Å²) < 4.78 is 32.3. The summed E-state index contributed by atoms with van der Waals surface area (Å²) in [6.07, 6.45) is 3.95. The Hall–Kier alpha value is -2.79. The summed E-state index contributed by atoms with van der Waals surface area (Å²) in [7, 11) is 3.20. The van der Waals surface area contributed by atoms with Crippen LogP contribution in [0.2, 0.25) is 0 Å². The molecule has 3 atom stereocenters. The molecule has 0 radical (unpaired) electrons. The highest BCUT2D eigenvalue weighted by atomic mass is 32.2. The van der Waals surface area contributed by atoms with Gasteiger partial charge >= 0.3 is 5.97 Å². The van der Waals surface area contributed by atoms with Crippen LogP contribution in [0.4, 0.5) is 8.78 Å². The molecule has 0 spiro atoms. The van der Waals surface area contributed by atoms with Gasteiger partial charge < -0.3 is 19.6 Å². The number of aromatic nitrogens is 1. The Labute approximate surface area is 225 Å². The van der Waals surface area contributed by atoms with Crippen molar-refractivity contribution in [3.8, 4) is 5.75 Å². The summed E-state index contributed by atoms with van der Waals surface area (Å²) in [5, 5.41) is 11.0. The summed E-state index contributed by atoms with van der Waals surface area (Å²) in [5.74, 6) is -1.09. The zero-order valence-electron chi connectivity index (χ0n) is 21.5. The maximum atomic E-state index is 13.4. The Bertz CT molecular complexity index is 1230. The maximum Gasteiger partial charge on any atom is 0.308 e. The largest absolute Gasteiger partial charge is 0.497 e. The molecule has 10 heteroatoms. The lowest BCUT2D eigenvalue weighted by Crippen LogP contribution is -2.44. The number of hydrogen-bond donors (Lipinski definition) is 2. The number of carbonyl (C=O) groups is 1. The number of hydrogen-bond acceptors (Lipinski definition) is 7. The first-order valence-corrected chi connectivity index (χ1v) is 13.6. The molecule has 1 aliphatic rings. The molecule has 38 heavy (non-hydrogen) atoms. The summed E-state index contributed by atoms with van der Waals surface area (Å²) in [6, 6.07) is 11.0. The van der Waals surface area contributed by atoms with Crippen molar-refractivity contribution in [2.75, 3.05) is 39.6 Å². The molecular formula is C28H33F2N3O4S. The lowest BCUT2D eigenvalue weighted by molar-refractivity contribution is -0.146. The number of benzene rings is 2. The number of likely N-dealkylation sites (tertiary alicyclic amines) is 1. The second-order valence-corrected chi connectivity index (χ2v) is 10.7. The van der Waals surface area contributed by atoms with Crippen LogP contribution in [0.25, 0.3) is 10.9 Å². The smallest absolute Gasteiger partial charge is 0.308 e. The third kappa shape index (κ3) is 7.19. The van der Waals surface area contributed by atoms with Crippen LogP contribution < -0.4 is 10.2 Å². The topological polar surface area (TPSA) is 83.9 Å². The first kappa shape index (κ1) is 28.2. The number of hydroxylamine groups is 1. The number of rotatable bonds is 12. The standard InChI is InChI=1S/C28H33F2N3O4S/c1-36-21-4-6-26-24(16-21)23(7-9-31-26)27(32-37-2)5-3-18-8-10-33(17-25(18)28(34)35)11-12-38-22-14-19(29)13-20(30)15-22/h4,6-7,9,13-16,18,25,27,32H,3,5,8,10-12,17H2,1-2H3,(H,34,35)/t18-,25+,27-/m1/s1. The Morgan fingerprint density at radius 3 is 2.71 bits per heavy atom. The average Bonchev–Trinajstić information content (AvgIpc) is 2.90. The Kier molecular flexibility index (Phi) is 9.90. The molecule has 3 aromatic rings. The van der Waals surface area contributed by atoms with E-state index in [4.69, 9.17) is 9.57 Å². The fourth-order valence-corrected chi connectivity index (χ4v) is 6.16. The van der Waals surface area contributed by atoms with Crippen LogP contribution in [0.3, 0.4) is 0 Å². The van der Waals surface area contributed by atoms with Crippen molar-refractivity contribution in [1.29, 1.82) is 0 Å². The zero-order chi connectivity index (χ0) is 27.1. The molecule has 0 saturated carbocycles. The average molecular weight is 546 g/mol. The number of piperidine rings is 1. The summed E-state index contributed by atoms with van der Waals surface area (Å²) in [6.45, 7) is 1.89. The van der Waals surface area contributed by atoms with E-state index in [1.54, 1.807) is 20.4 Å². The van der Waals surface area contributed by atoms with Crippen LogP contribution in [0, 0.1) is 23.5 Å². The summed E-state index contributed by atoms with van der Waals surface area (Å²) in [5.41, 5.74) is 4.96. The minimum absolute atomic E-state index is 0.0255. The van der Waals surface area contributed by atoms with Crippen molar-refractivity contribution in [3.05, 3.63) is 65.9 Å². The number of pyridine rings is 1. The van der Waals surface area contributed by atoms with Gasteiger partial charge in [0.05, 0.1) is 31.7 Å². The summed E-state index contributed by atoms with van der Waals surface area (Å²) in [4.78, 5) is 24.6. The second kappa shape index (κ2) is 13.3. The first-order valence-electron chi connectivity index (χ1n) is 12.6. The number of methoxy groups -OCH3 is 1. The highest BCUT2D eigenvalue weighted by Gasteiger charge is 2.34. The van der Waals surface area contributed by atoms with Gasteiger partial charge in [0.25, 0.3) is 0 Å². The van der Waals surface area contributed by atoms with Crippen molar-refractivity contribution in [2.24, 2.45) is 11.8 Å². The molecule has 2 aromatic carbocycles. The van der Waals surface area contributed by atoms with Crippen molar-refractivity contribution in [2.45, 2.75) is 30.2 Å². The van der Waals surface area contributed by atoms with Gasteiger partial charge in [-0.25, -0.2) is 8.78 Å². The first-order chi connectivity index (χ1) is 18.4. The van der Waals surface area contributed by atoms with Crippen molar-refractivity contribution in [3.63, 3.8) is 0 Å². The molecule has 1 aliphatic heterocycles. The Balaban J connectivity index is 1.38. The van der Waals surface area contributed by atoms with Gasteiger partial charge in [-0.3, -0.25) is 9.78 Å². The third-order valence-electron chi connectivity index (χ3n) is 7.11. The van der Waals surface area contributed by atoms with Crippen LogP contribution in [-0.2, 0) is 9.63 Å². The molecule has 1 saturated heterocycles. The van der Waals surface area contributed by atoms with Gasteiger partial charge in [0.2, 0.25) is 0 Å². The number of halogens is 2. The number of nitrogens with one attached hydrogen (secondary N) is 1. The van der Waals surface area contributed by atoms with Gasteiger partial charge in [-0.15, -0.1) is 11.8 Å². The molecule has 1 fully saturated rings. The van der Waals surface area contributed by atoms with Crippen LogP contribution >= 0.6 is 11.8 Å². The number of fused-ring (bicyclic) bond motifs is 1. The number of ether oxygens (including phenoxy) is 1. The molecule has 1 aromatic heterocycles. The van der Waals surface area contributed by atoms with Crippen LogP contribution in [-0.4, -0.2) is 60.6 Å². The predicted molar refractivity (Wildman–Crippen MR) is 143 cm³/mol. The number of carboxylic acid groups (broad SMARTS) is 1. The van der Waals surface area contributed by atoms with Gasteiger partial charge in [-0.1, -0.05) is 0 Å². The second-order valence-electron chi connectivity index (χ2n) is 9.48. The number of aliphatic carboxylic acids is 1. The van der Waals surface area contributed by atoms with E-state index < -0.39 is 23.5 Å². The van der Waals surface area contributed by atoms with Gasteiger partial charge in [-0.05, 0) is 73.7 Å². The van der Waals surface area contributed by atoms with E-state index in [1.807, 2.05) is 24.3 Å². The number of thioether (sulfide) groups is 1. The van der Waals surface area contributed by atoms with E-state index in [2.05, 4.69) is 15.4 Å². The monoisotopic (exact) mass is 545 g/mol. The van der Waals surface area contributed by atoms with Gasteiger partial charge in [0.15, 0.2) is 0 Å². The molecule has 0 aliphatic carbocycles. The Morgan fingerprint density at radius 2 is 2.00 bits per heavy atom. The molecule has 4 rings (SSSR count). The number of carboxylic acids is 1. The minimum atomic E-state index is -0.796. The zero-order valence-corrected chi connectivity index (χ0v) is 22.3. The van der Waals surface area contributed by atoms with Gasteiger partial charge in [0.1, 0.15) is 17.4 Å². The molecule has 0 amide bonds. The number of nitrogens with zero attached hydrogens (tertiary/aromatic N) is 2. The lowest BCUT2D eigenvalue weighted by atomic mass is 9.81. The molecule has 0 bridgehead atoms. The minimum Gasteiger partial charge on any atom is -0.497 e. The van der Waals surface area contributed by atoms with Crippen LogP contribution in [0.5, 0.6) is 5.75 Å². The summed E-state index contributed by atoms with van der Waals surface area (Å²) >= 11 is 1.37. The van der Waals surface area contributed by atoms with Gasteiger partial charge in [0, 0.05) is 41.4 Å². The van der Waals surface area contributed by atoms with E-state index in [-0.39, 0.29) is 12.0 Å². The fraction of sp³-hybridized carbons (Fsp3) is 0.429. The van der Waals surface area contributed by atoms with Crippen LogP contribution in [0.1, 0.15) is 30.9 Å². The van der Waals surface area contributed by atoms with E-state index in [9.17, 15) is 18.7 Å². The SMILES string of the molecule is CON[C@H](CC[C@@H]1CCN(CCSc2cc(F)cc(F)c2)C[C@@H]1C(=O)O)c1ccnc2ccc(OC)cc12.